The Bertz CT molecular complexity index is 441. The zero-order valence-electron chi connectivity index (χ0n) is 12.0. The van der Waals surface area contributed by atoms with Crippen LogP contribution in [0.2, 0.25) is 0 Å². The summed E-state index contributed by atoms with van der Waals surface area (Å²) in [5, 5.41) is 14.5. The van der Waals surface area contributed by atoms with Crippen LogP contribution in [-0.4, -0.2) is 36.1 Å². The van der Waals surface area contributed by atoms with Gasteiger partial charge in [0.1, 0.15) is 0 Å². The van der Waals surface area contributed by atoms with Crippen molar-refractivity contribution in [1.29, 1.82) is 0 Å². The molecule has 0 saturated carbocycles. The Hall–Kier alpha value is -1.88. The minimum absolute atomic E-state index is 0.115. The van der Waals surface area contributed by atoms with Crippen LogP contribution in [0.15, 0.2) is 24.3 Å². The van der Waals surface area contributed by atoms with Crippen molar-refractivity contribution >= 4 is 11.8 Å². The molecule has 1 aromatic carbocycles. The Morgan fingerprint density at radius 3 is 2.35 bits per heavy atom. The summed E-state index contributed by atoms with van der Waals surface area (Å²) in [6.07, 6.45) is 0.271. The first-order chi connectivity index (χ1) is 9.49. The number of carbonyl (C=O) groups excluding carboxylic acids is 2. The van der Waals surface area contributed by atoms with Crippen molar-refractivity contribution in [2.45, 2.75) is 32.8 Å². The monoisotopic (exact) mass is 278 g/mol. The Balaban J connectivity index is 2.19. The number of aryl methyl sites for hydroxylation is 1. The van der Waals surface area contributed by atoms with E-state index in [1.54, 1.807) is 19.1 Å². The molecule has 1 unspecified atom stereocenters. The molecule has 0 aliphatic carbocycles. The van der Waals surface area contributed by atoms with Gasteiger partial charge in [-0.3, -0.25) is 9.59 Å². The van der Waals surface area contributed by atoms with E-state index in [4.69, 9.17) is 5.11 Å². The fourth-order valence-corrected chi connectivity index (χ4v) is 1.61. The molecule has 5 nitrogen and oxygen atoms in total. The molecule has 1 aromatic rings. The van der Waals surface area contributed by atoms with Crippen molar-refractivity contribution in [2.75, 3.05) is 13.1 Å². The lowest BCUT2D eigenvalue weighted by molar-refractivity contribution is -0.121. The molecule has 0 saturated heterocycles. The fourth-order valence-electron chi connectivity index (χ4n) is 1.61. The maximum absolute atomic E-state index is 11.8. The van der Waals surface area contributed by atoms with E-state index in [9.17, 15) is 9.59 Å². The predicted octanol–water partition coefficient (Wildman–Crippen LogP) is 1.00. The first-order valence-corrected chi connectivity index (χ1v) is 6.78. The van der Waals surface area contributed by atoms with E-state index in [-0.39, 0.29) is 11.8 Å². The third kappa shape index (κ3) is 6.33. The maximum Gasteiger partial charge on any atom is 0.251 e. The third-order valence-electron chi connectivity index (χ3n) is 2.84. The van der Waals surface area contributed by atoms with Crippen molar-refractivity contribution < 1.29 is 14.7 Å². The van der Waals surface area contributed by atoms with Gasteiger partial charge in [-0.25, -0.2) is 0 Å². The normalized spacial score (nSPS) is 11.8. The molecule has 20 heavy (non-hydrogen) atoms. The summed E-state index contributed by atoms with van der Waals surface area (Å²) in [6, 6.07) is 7.30. The van der Waals surface area contributed by atoms with Gasteiger partial charge in [0.25, 0.3) is 5.91 Å². The van der Waals surface area contributed by atoms with Crippen molar-refractivity contribution in [3.05, 3.63) is 35.4 Å². The zero-order chi connectivity index (χ0) is 15.0. The highest BCUT2D eigenvalue weighted by Gasteiger charge is 2.05. The van der Waals surface area contributed by atoms with E-state index in [1.165, 1.54) is 0 Å². The molecule has 0 heterocycles. The zero-order valence-corrected chi connectivity index (χ0v) is 12.0. The summed E-state index contributed by atoms with van der Waals surface area (Å²) in [5.74, 6) is -0.265. The number of aliphatic hydroxyl groups excluding tert-OH is 1. The van der Waals surface area contributed by atoms with Crippen LogP contribution >= 0.6 is 0 Å². The van der Waals surface area contributed by atoms with Crippen LogP contribution < -0.4 is 10.6 Å². The van der Waals surface area contributed by atoms with Crippen LogP contribution in [0.5, 0.6) is 0 Å². The van der Waals surface area contributed by atoms with Crippen LogP contribution in [0.1, 0.15) is 35.7 Å². The molecule has 0 aliphatic rings. The number of hydrogen-bond donors (Lipinski definition) is 3. The first kappa shape index (κ1) is 16.2. The second-order valence-electron chi connectivity index (χ2n) is 4.86. The minimum atomic E-state index is -0.470. The lowest BCUT2D eigenvalue weighted by atomic mass is 10.1. The first-order valence-electron chi connectivity index (χ1n) is 6.78. The Morgan fingerprint density at radius 2 is 1.75 bits per heavy atom. The summed E-state index contributed by atoms with van der Waals surface area (Å²) in [7, 11) is 0. The molecular weight excluding hydrogens is 256 g/mol. The summed E-state index contributed by atoms with van der Waals surface area (Å²) in [5.41, 5.74) is 1.71. The molecule has 1 rings (SSSR count). The Morgan fingerprint density at radius 1 is 1.15 bits per heavy atom. The summed E-state index contributed by atoms with van der Waals surface area (Å²) < 4.78 is 0. The number of hydrogen-bond acceptors (Lipinski definition) is 3. The number of rotatable bonds is 7. The predicted molar refractivity (Wildman–Crippen MR) is 77.4 cm³/mol. The van der Waals surface area contributed by atoms with Gasteiger partial charge in [0.2, 0.25) is 5.91 Å². The van der Waals surface area contributed by atoms with Crippen molar-refractivity contribution in [3.63, 3.8) is 0 Å². The van der Waals surface area contributed by atoms with E-state index in [0.717, 1.165) is 5.56 Å². The highest BCUT2D eigenvalue weighted by Crippen LogP contribution is 2.02. The van der Waals surface area contributed by atoms with Gasteiger partial charge in [0, 0.05) is 25.1 Å². The standard InChI is InChI=1S/C15H22N2O3/c1-11-3-6-13(7-4-11)15(20)17-10-9-16-14(19)8-5-12(2)18/h3-4,6-7,12,18H,5,8-10H2,1-2H3,(H,16,19)(H,17,20). The molecule has 0 spiro atoms. The van der Waals surface area contributed by atoms with Gasteiger partial charge in [-0.05, 0) is 32.4 Å². The van der Waals surface area contributed by atoms with Gasteiger partial charge < -0.3 is 15.7 Å². The molecule has 0 bridgehead atoms. The van der Waals surface area contributed by atoms with E-state index in [1.807, 2.05) is 19.1 Å². The Kier molecular flexibility index (Phi) is 6.73. The van der Waals surface area contributed by atoms with E-state index in [0.29, 0.717) is 31.5 Å². The topological polar surface area (TPSA) is 78.4 Å². The van der Waals surface area contributed by atoms with Gasteiger partial charge in [-0.2, -0.15) is 0 Å². The number of carbonyl (C=O) groups is 2. The number of benzene rings is 1. The molecule has 2 amide bonds. The van der Waals surface area contributed by atoms with Crippen molar-refractivity contribution in [3.8, 4) is 0 Å². The van der Waals surface area contributed by atoms with E-state index >= 15 is 0 Å². The van der Waals surface area contributed by atoms with Gasteiger partial charge in [0.15, 0.2) is 0 Å². The second kappa shape index (κ2) is 8.32. The molecule has 0 fully saturated rings. The highest BCUT2D eigenvalue weighted by molar-refractivity contribution is 5.94. The third-order valence-corrected chi connectivity index (χ3v) is 2.84. The number of aliphatic hydroxyl groups is 1. The van der Waals surface area contributed by atoms with Crippen molar-refractivity contribution in [2.24, 2.45) is 0 Å². The number of amides is 2. The lowest BCUT2D eigenvalue weighted by Gasteiger charge is -2.08. The van der Waals surface area contributed by atoms with Gasteiger partial charge in [0.05, 0.1) is 6.10 Å². The Labute approximate surface area is 119 Å². The van der Waals surface area contributed by atoms with Gasteiger partial charge in [-0.1, -0.05) is 17.7 Å². The quantitative estimate of drug-likeness (QED) is 0.651. The molecular formula is C15H22N2O3. The van der Waals surface area contributed by atoms with Crippen LogP contribution in [-0.2, 0) is 4.79 Å². The van der Waals surface area contributed by atoms with Gasteiger partial charge >= 0.3 is 0 Å². The number of nitrogens with one attached hydrogen (secondary N) is 2. The SMILES string of the molecule is Cc1ccc(C(=O)NCCNC(=O)CCC(C)O)cc1. The van der Waals surface area contributed by atoms with Crippen molar-refractivity contribution in [1.82, 2.24) is 10.6 Å². The molecule has 0 radical (unpaired) electrons. The molecule has 3 N–H and O–H groups in total. The summed E-state index contributed by atoms with van der Waals surface area (Å²) in [4.78, 5) is 23.1. The lowest BCUT2D eigenvalue weighted by Crippen LogP contribution is -2.34. The minimum Gasteiger partial charge on any atom is -0.393 e. The van der Waals surface area contributed by atoms with E-state index < -0.39 is 6.10 Å². The molecule has 0 aromatic heterocycles. The molecule has 1 atom stereocenters. The van der Waals surface area contributed by atoms with Crippen LogP contribution in [0.4, 0.5) is 0 Å². The van der Waals surface area contributed by atoms with Crippen LogP contribution in [0, 0.1) is 6.92 Å². The van der Waals surface area contributed by atoms with Crippen LogP contribution in [0.25, 0.3) is 0 Å². The summed E-state index contributed by atoms with van der Waals surface area (Å²) in [6.45, 7) is 4.38. The smallest absolute Gasteiger partial charge is 0.251 e. The fraction of sp³-hybridized carbons (Fsp3) is 0.467. The summed E-state index contributed by atoms with van der Waals surface area (Å²) >= 11 is 0. The average molecular weight is 278 g/mol. The van der Waals surface area contributed by atoms with Crippen LogP contribution in [0.3, 0.4) is 0 Å². The second-order valence-corrected chi connectivity index (χ2v) is 4.86. The molecule has 5 heteroatoms. The highest BCUT2D eigenvalue weighted by atomic mass is 16.3. The molecule has 0 aliphatic heterocycles. The van der Waals surface area contributed by atoms with E-state index in [2.05, 4.69) is 10.6 Å². The largest absolute Gasteiger partial charge is 0.393 e. The average Bonchev–Trinajstić information content (AvgIpc) is 2.42. The van der Waals surface area contributed by atoms with Gasteiger partial charge in [-0.15, -0.1) is 0 Å². The molecule has 110 valence electrons. The maximum atomic E-state index is 11.8.